The number of rotatable bonds is 6. The molecule has 0 aliphatic heterocycles. The SMILES string of the molecule is COc1ccc(CN(C)Cc2ccccn2)cc1CN. The first-order valence-electron chi connectivity index (χ1n) is 6.67. The van der Waals surface area contributed by atoms with E-state index < -0.39 is 0 Å². The Morgan fingerprint density at radius 1 is 1.20 bits per heavy atom. The molecule has 4 nitrogen and oxygen atoms in total. The number of hydrogen-bond donors (Lipinski definition) is 1. The van der Waals surface area contributed by atoms with Crippen LogP contribution in [0.5, 0.6) is 5.75 Å². The summed E-state index contributed by atoms with van der Waals surface area (Å²) in [5.41, 5.74) is 9.08. The van der Waals surface area contributed by atoms with Crippen molar-refractivity contribution in [2.24, 2.45) is 5.73 Å². The van der Waals surface area contributed by atoms with Crippen molar-refractivity contribution in [2.75, 3.05) is 14.2 Å². The van der Waals surface area contributed by atoms with Gasteiger partial charge in [0.05, 0.1) is 12.8 Å². The van der Waals surface area contributed by atoms with Crippen LogP contribution in [0.25, 0.3) is 0 Å². The molecule has 0 radical (unpaired) electrons. The first kappa shape index (κ1) is 14.5. The highest BCUT2D eigenvalue weighted by atomic mass is 16.5. The van der Waals surface area contributed by atoms with Gasteiger partial charge in [-0.15, -0.1) is 0 Å². The smallest absolute Gasteiger partial charge is 0.123 e. The second kappa shape index (κ2) is 7.03. The molecule has 106 valence electrons. The Labute approximate surface area is 120 Å². The molecule has 0 saturated heterocycles. The van der Waals surface area contributed by atoms with Crippen LogP contribution >= 0.6 is 0 Å². The summed E-state index contributed by atoms with van der Waals surface area (Å²) in [6.07, 6.45) is 1.82. The van der Waals surface area contributed by atoms with Gasteiger partial charge in [0.25, 0.3) is 0 Å². The van der Waals surface area contributed by atoms with Crippen LogP contribution in [0.15, 0.2) is 42.6 Å². The molecule has 0 amide bonds. The molecule has 0 aliphatic rings. The number of benzene rings is 1. The Bertz CT molecular complexity index is 543. The van der Waals surface area contributed by atoms with Crippen LogP contribution in [-0.4, -0.2) is 24.0 Å². The number of aromatic nitrogens is 1. The third kappa shape index (κ3) is 3.79. The Kier molecular flexibility index (Phi) is 5.09. The lowest BCUT2D eigenvalue weighted by atomic mass is 10.1. The van der Waals surface area contributed by atoms with Gasteiger partial charge >= 0.3 is 0 Å². The highest BCUT2D eigenvalue weighted by Crippen LogP contribution is 2.20. The summed E-state index contributed by atoms with van der Waals surface area (Å²) in [5, 5.41) is 0. The van der Waals surface area contributed by atoms with Gasteiger partial charge in [0, 0.05) is 31.4 Å². The lowest BCUT2D eigenvalue weighted by Crippen LogP contribution is -2.18. The number of nitrogens with two attached hydrogens (primary N) is 1. The monoisotopic (exact) mass is 271 g/mol. The van der Waals surface area contributed by atoms with Gasteiger partial charge in [-0.2, -0.15) is 0 Å². The molecule has 1 heterocycles. The number of hydrogen-bond acceptors (Lipinski definition) is 4. The first-order valence-corrected chi connectivity index (χ1v) is 6.67. The normalized spacial score (nSPS) is 10.8. The molecule has 2 N–H and O–H groups in total. The van der Waals surface area contributed by atoms with Gasteiger partial charge in [-0.05, 0) is 36.9 Å². The Hall–Kier alpha value is -1.91. The van der Waals surface area contributed by atoms with Gasteiger partial charge in [0.2, 0.25) is 0 Å². The largest absolute Gasteiger partial charge is 0.496 e. The number of nitrogens with zero attached hydrogens (tertiary/aromatic N) is 2. The van der Waals surface area contributed by atoms with Gasteiger partial charge in [-0.1, -0.05) is 12.1 Å². The van der Waals surface area contributed by atoms with Crippen molar-refractivity contribution in [3.63, 3.8) is 0 Å². The molecule has 0 atom stereocenters. The zero-order valence-corrected chi connectivity index (χ0v) is 12.0. The minimum absolute atomic E-state index is 0.487. The zero-order chi connectivity index (χ0) is 14.4. The van der Waals surface area contributed by atoms with E-state index in [0.29, 0.717) is 6.54 Å². The van der Waals surface area contributed by atoms with Crippen molar-refractivity contribution in [1.82, 2.24) is 9.88 Å². The minimum atomic E-state index is 0.487. The van der Waals surface area contributed by atoms with Gasteiger partial charge in [-0.3, -0.25) is 9.88 Å². The van der Waals surface area contributed by atoms with Crippen molar-refractivity contribution >= 4 is 0 Å². The molecule has 4 heteroatoms. The second-order valence-electron chi connectivity index (χ2n) is 4.84. The van der Waals surface area contributed by atoms with Gasteiger partial charge in [0.1, 0.15) is 5.75 Å². The van der Waals surface area contributed by atoms with Crippen LogP contribution in [0.1, 0.15) is 16.8 Å². The molecule has 0 fully saturated rings. The van der Waals surface area contributed by atoms with Crippen molar-refractivity contribution < 1.29 is 4.74 Å². The van der Waals surface area contributed by atoms with Crippen molar-refractivity contribution in [3.8, 4) is 5.75 Å². The summed E-state index contributed by atoms with van der Waals surface area (Å²) in [5.74, 6) is 0.851. The van der Waals surface area contributed by atoms with E-state index in [1.807, 2.05) is 30.5 Å². The quantitative estimate of drug-likeness (QED) is 0.875. The molecule has 1 aromatic heterocycles. The van der Waals surface area contributed by atoms with Crippen LogP contribution in [0, 0.1) is 0 Å². The second-order valence-corrected chi connectivity index (χ2v) is 4.84. The summed E-state index contributed by atoms with van der Waals surface area (Å²) >= 11 is 0. The van der Waals surface area contributed by atoms with Gasteiger partial charge < -0.3 is 10.5 Å². The van der Waals surface area contributed by atoms with E-state index >= 15 is 0 Å². The van der Waals surface area contributed by atoms with Crippen LogP contribution in [0.3, 0.4) is 0 Å². The van der Waals surface area contributed by atoms with Crippen LogP contribution in [-0.2, 0) is 19.6 Å². The van der Waals surface area contributed by atoms with Gasteiger partial charge in [-0.25, -0.2) is 0 Å². The fourth-order valence-electron chi connectivity index (χ4n) is 2.23. The number of ether oxygens (including phenoxy) is 1. The van der Waals surface area contributed by atoms with E-state index in [1.165, 1.54) is 5.56 Å². The number of pyridine rings is 1. The first-order chi connectivity index (χ1) is 9.72. The van der Waals surface area contributed by atoms with Crippen molar-refractivity contribution in [2.45, 2.75) is 19.6 Å². The molecule has 20 heavy (non-hydrogen) atoms. The molecule has 0 spiro atoms. The Balaban J connectivity index is 2.02. The fraction of sp³-hybridized carbons (Fsp3) is 0.312. The topological polar surface area (TPSA) is 51.4 Å². The van der Waals surface area contributed by atoms with E-state index in [0.717, 1.165) is 30.1 Å². The maximum absolute atomic E-state index is 5.75. The summed E-state index contributed by atoms with van der Waals surface area (Å²) in [4.78, 5) is 6.57. The van der Waals surface area contributed by atoms with Crippen LogP contribution in [0.2, 0.25) is 0 Å². The third-order valence-electron chi connectivity index (χ3n) is 3.18. The number of methoxy groups -OCH3 is 1. The predicted octanol–water partition coefficient (Wildman–Crippen LogP) is 2.18. The average molecular weight is 271 g/mol. The molecule has 0 bridgehead atoms. The van der Waals surface area contributed by atoms with E-state index in [4.69, 9.17) is 10.5 Å². The molecular formula is C16H21N3O. The molecule has 2 aromatic rings. The molecule has 0 aliphatic carbocycles. The predicted molar refractivity (Wildman–Crippen MR) is 80.3 cm³/mol. The van der Waals surface area contributed by atoms with E-state index in [2.05, 4.69) is 29.1 Å². The standard InChI is InChI=1S/C16H21N3O/c1-19(12-15-5-3-4-8-18-15)11-13-6-7-16(20-2)14(9-13)10-17/h3-9H,10-12,17H2,1-2H3. The lowest BCUT2D eigenvalue weighted by Gasteiger charge is -2.17. The molecule has 2 rings (SSSR count). The summed E-state index contributed by atoms with van der Waals surface area (Å²) in [6, 6.07) is 12.1. The molecule has 1 aromatic carbocycles. The zero-order valence-electron chi connectivity index (χ0n) is 12.0. The third-order valence-corrected chi connectivity index (χ3v) is 3.18. The minimum Gasteiger partial charge on any atom is -0.496 e. The van der Waals surface area contributed by atoms with Crippen molar-refractivity contribution in [1.29, 1.82) is 0 Å². The molecular weight excluding hydrogens is 250 g/mol. The molecule has 0 unspecified atom stereocenters. The Morgan fingerprint density at radius 2 is 2.05 bits per heavy atom. The fourth-order valence-corrected chi connectivity index (χ4v) is 2.23. The highest BCUT2D eigenvalue weighted by molar-refractivity contribution is 5.37. The van der Waals surface area contributed by atoms with E-state index in [9.17, 15) is 0 Å². The maximum Gasteiger partial charge on any atom is 0.123 e. The summed E-state index contributed by atoms with van der Waals surface area (Å²) < 4.78 is 5.29. The summed E-state index contributed by atoms with van der Waals surface area (Å²) in [7, 11) is 3.75. The Morgan fingerprint density at radius 3 is 2.70 bits per heavy atom. The maximum atomic E-state index is 5.75. The summed E-state index contributed by atoms with van der Waals surface area (Å²) in [6.45, 7) is 2.17. The highest BCUT2D eigenvalue weighted by Gasteiger charge is 2.06. The lowest BCUT2D eigenvalue weighted by molar-refractivity contribution is 0.314. The van der Waals surface area contributed by atoms with Crippen LogP contribution in [0.4, 0.5) is 0 Å². The average Bonchev–Trinajstić information content (AvgIpc) is 2.48. The van der Waals surface area contributed by atoms with E-state index in [1.54, 1.807) is 7.11 Å². The van der Waals surface area contributed by atoms with E-state index in [-0.39, 0.29) is 0 Å². The van der Waals surface area contributed by atoms with Crippen molar-refractivity contribution in [3.05, 3.63) is 59.4 Å². The molecule has 0 saturated carbocycles. The van der Waals surface area contributed by atoms with Crippen LogP contribution < -0.4 is 10.5 Å². The van der Waals surface area contributed by atoms with Gasteiger partial charge in [0.15, 0.2) is 0 Å².